The van der Waals surface area contributed by atoms with Crippen LogP contribution < -0.4 is 10.1 Å². The molecule has 2 saturated heterocycles. The monoisotopic (exact) mass is 275 g/mol. The van der Waals surface area contributed by atoms with E-state index in [0.717, 1.165) is 38.0 Å². The fourth-order valence-electron chi connectivity index (χ4n) is 2.94. The molecule has 20 heavy (non-hydrogen) atoms. The van der Waals surface area contributed by atoms with E-state index in [1.807, 2.05) is 0 Å². The van der Waals surface area contributed by atoms with Crippen molar-refractivity contribution in [3.05, 3.63) is 29.8 Å². The highest BCUT2D eigenvalue weighted by Crippen LogP contribution is 2.27. The van der Waals surface area contributed by atoms with Gasteiger partial charge < -0.3 is 14.8 Å². The number of ether oxygens (including phenoxy) is 2. The summed E-state index contributed by atoms with van der Waals surface area (Å²) in [5, 5.41) is 3.48. The SMILES string of the molecule is CC1(COc2ccc(CC3CCCNC3)cc2)COC1. The maximum atomic E-state index is 5.87. The van der Waals surface area contributed by atoms with Gasteiger partial charge in [-0.15, -0.1) is 0 Å². The number of benzene rings is 1. The van der Waals surface area contributed by atoms with Crippen LogP contribution in [0.5, 0.6) is 5.75 Å². The van der Waals surface area contributed by atoms with E-state index < -0.39 is 0 Å². The molecule has 2 fully saturated rings. The molecule has 0 spiro atoms. The maximum Gasteiger partial charge on any atom is 0.119 e. The topological polar surface area (TPSA) is 30.5 Å². The van der Waals surface area contributed by atoms with Crippen molar-refractivity contribution in [3.8, 4) is 5.75 Å². The largest absolute Gasteiger partial charge is 0.493 e. The molecule has 2 aliphatic heterocycles. The number of hydrogen-bond donors (Lipinski definition) is 1. The van der Waals surface area contributed by atoms with Crippen molar-refractivity contribution in [1.29, 1.82) is 0 Å². The summed E-state index contributed by atoms with van der Waals surface area (Å²) in [5.41, 5.74) is 1.64. The molecular formula is C17H25NO2. The summed E-state index contributed by atoms with van der Waals surface area (Å²) in [6.07, 6.45) is 3.84. The Labute approximate surface area is 121 Å². The average Bonchev–Trinajstić information content (AvgIpc) is 2.46. The Morgan fingerprint density at radius 2 is 2.10 bits per heavy atom. The highest BCUT2D eigenvalue weighted by Gasteiger charge is 2.34. The highest BCUT2D eigenvalue weighted by atomic mass is 16.5. The Bertz CT molecular complexity index is 419. The molecule has 3 heteroatoms. The van der Waals surface area contributed by atoms with Gasteiger partial charge in [0.05, 0.1) is 19.8 Å². The van der Waals surface area contributed by atoms with Gasteiger partial charge in [0.1, 0.15) is 5.75 Å². The van der Waals surface area contributed by atoms with Gasteiger partial charge in [-0.3, -0.25) is 0 Å². The summed E-state index contributed by atoms with van der Waals surface area (Å²) >= 11 is 0. The second-order valence-electron chi connectivity index (χ2n) is 6.65. The van der Waals surface area contributed by atoms with E-state index in [-0.39, 0.29) is 5.41 Å². The van der Waals surface area contributed by atoms with Gasteiger partial charge in [0, 0.05) is 5.41 Å². The second kappa shape index (κ2) is 6.15. The van der Waals surface area contributed by atoms with Crippen molar-refractivity contribution in [2.24, 2.45) is 11.3 Å². The first-order valence-electron chi connectivity index (χ1n) is 7.74. The molecule has 0 bridgehead atoms. The van der Waals surface area contributed by atoms with Crippen molar-refractivity contribution in [2.45, 2.75) is 26.2 Å². The van der Waals surface area contributed by atoms with Crippen LogP contribution in [0, 0.1) is 11.3 Å². The van der Waals surface area contributed by atoms with Crippen LogP contribution in [0.15, 0.2) is 24.3 Å². The van der Waals surface area contributed by atoms with Gasteiger partial charge in [0.25, 0.3) is 0 Å². The molecule has 0 saturated carbocycles. The predicted octanol–water partition coefficient (Wildman–Crippen LogP) is 2.64. The lowest BCUT2D eigenvalue weighted by Crippen LogP contribution is -2.44. The van der Waals surface area contributed by atoms with Crippen LogP contribution in [0.25, 0.3) is 0 Å². The van der Waals surface area contributed by atoms with Crippen molar-refractivity contribution in [1.82, 2.24) is 5.32 Å². The predicted molar refractivity (Wildman–Crippen MR) is 80.2 cm³/mol. The number of hydrogen-bond acceptors (Lipinski definition) is 3. The van der Waals surface area contributed by atoms with Crippen LogP contribution in [0.1, 0.15) is 25.3 Å². The van der Waals surface area contributed by atoms with E-state index >= 15 is 0 Å². The molecule has 1 unspecified atom stereocenters. The zero-order valence-electron chi connectivity index (χ0n) is 12.4. The Kier molecular flexibility index (Phi) is 4.27. The molecule has 0 radical (unpaired) electrons. The minimum absolute atomic E-state index is 0.215. The van der Waals surface area contributed by atoms with Gasteiger partial charge in [-0.2, -0.15) is 0 Å². The molecule has 0 aliphatic carbocycles. The molecule has 1 N–H and O–H groups in total. The van der Waals surface area contributed by atoms with Gasteiger partial charge in [-0.05, 0) is 56.0 Å². The average molecular weight is 275 g/mol. The number of rotatable bonds is 5. The van der Waals surface area contributed by atoms with Crippen molar-refractivity contribution < 1.29 is 9.47 Å². The summed E-state index contributed by atoms with van der Waals surface area (Å²) in [5.74, 6) is 1.77. The van der Waals surface area contributed by atoms with Gasteiger partial charge in [0.2, 0.25) is 0 Å². The van der Waals surface area contributed by atoms with Crippen LogP contribution >= 0.6 is 0 Å². The van der Waals surface area contributed by atoms with E-state index in [1.54, 1.807) is 0 Å². The van der Waals surface area contributed by atoms with Crippen LogP contribution in [0.4, 0.5) is 0 Å². The number of nitrogens with one attached hydrogen (secondary N) is 1. The third-order valence-corrected chi connectivity index (χ3v) is 4.34. The Morgan fingerprint density at radius 1 is 1.30 bits per heavy atom. The third kappa shape index (κ3) is 3.53. The van der Waals surface area contributed by atoms with Gasteiger partial charge in [-0.25, -0.2) is 0 Å². The molecule has 3 nitrogen and oxygen atoms in total. The van der Waals surface area contributed by atoms with E-state index in [1.165, 1.54) is 31.4 Å². The molecule has 3 rings (SSSR count). The molecule has 2 heterocycles. The standard InChI is InChI=1S/C17H25NO2/c1-17(11-19-12-17)13-20-16-6-4-14(5-7-16)9-15-3-2-8-18-10-15/h4-7,15,18H,2-3,8-13H2,1H3. The lowest BCUT2D eigenvalue weighted by atomic mass is 9.90. The fraction of sp³-hybridized carbons (Fsp3) is 0.647. The summed E-state index contributed by atoms with van der Waals surface area (Å²) in [6, 6.07) is 8.63. The Morgan fingerprint density at radius 3 is 2.70 bits per heavy atom. The Balaban J connectivity index is 1.49. The van der Waals surface area contributed by atoms with Crippen molar-refractivity contribution in [2.75, 3.05) is 32.9 Å². The minimum Gasteiger partial charge on any atom is -0.493 e. The summed E-state index contributed by atoms with van der Waals surface area (Å²) < 4.78 is 11.1. The van der Waals surface area contributed by atoms with E-state index in [2.05, 4.69) is 36.5 Å². The minimum atomic E-state index is 0.215. The molecule has 1 atom stereocenters. The quantitative estimate of drug-likeness (QED) is 0.896. The van der Waals surface area contributed by atoms with E-state index in [0.29, 0.717) is 0 Å². The first-order valence-corrected chi connectivity index (χ1v) is 7.74. The lowest BCUT2D eigenvalue weighted by molar-refractivity contribution is -0.120. The Hall–Kier alpha value is -1.06. The van der Waals surface area contributed by atoms with Gasteiger partial charge in [0.15, 0.2) is 0 Å². The molecule has 110 valence electrons. The van der Waals surface area contributed by atoms with E-state index in [9.17, 15) is 0 Å². The third-order valence-electron chi connectivity index (χ3n) is 4.34. The number of piperidine rings is 1. The van der Waals surface area contributed by atoms with E-state index in [4.69, 9.17) is 9.47 Å². The van der Waals surface area contributed by atoms with Crippen molar-refractivity contribution >= 4 is 0 Å². The highest BCUT2D eigenvalue weighted by molar-refractivity contribution is 5.27. The summed E-state index contributed by atoms with van der Waals surface area (Å²) in [7, 11) is 0. The van der Waals surface area contributed by atoms with Gasteiger partial charge >= 0.3 is 0 Å². The zero-order chi connectivity index (χ0) is 13.8. The lowest BCUT2D eigenvalue weighted by Gasteiger charge is -2.37. The maximum absolute atomic E-state index is 5.87. The summed E-state index contributed by atoms with van der Waals surface area (Å²) in [6.45, 7) is 6.95. The molecule has 0 amide bonds. The first-order chi connectivity index (χ1) is 9.73. The second-order valence-corrected chi connectivity index (χ2v) is 6.65. The first kappa shape index (κ1) is 13.9. The normalized spacial score (nSPS) is 24.9. The summed E-state index contributed by atoms with van der Waals surface area (Å²) in [4.78, 5) is 0. The zero-order valence-corrected chi connectivity index (χ0v) is 12.4. The molecule has 1 aromatic rings. The van der Waals surface area contributed by atoms with Gasteiger partial charge in [-0.1, -0.05) is 19.1 Å². The van der Waals surface area contributed by atoms with Crippen LogP contribution in [0.3, 0.4) is 0 Å². The molecule has 1 aromatic carbocycles. The van der Waals surface area contributed by atoms with Crippen LogP contribution in [-0.4, -0.2) is 32.9 Å². The van der Waals surface area contributed by atoms with Crippen LogP contribution in [-0.2, 0) is 11.2 Å². The van der Waals surface area contributed by atoms with Crippen molar-refractivity contribution in [3.63, 3.8) is 0 Å². The molecular weight excluding hydrogens is 250 g/mol. The fourth-order valence-corrected chi connectivity index (χ4v) is 2.94. The van der Waals surface area contributed by atoms with Crippen LogP contribution in [0.2, 0.25) is 0 Å². The smallest absolute Gasteiger partial charge is 0.119 e. The molecule has 0 aromatic heterocycles. The molecule has 2 aliphatic rings.